The topological polar surface area (TPSA) is 0 Å². The van der Waals surface area contributed by atoms with Crippen LogP contribution in [0.25, 0.3) is 17.0 Å². The Balaban J connectivity index is 1.69. The van der Waals surface area contributed by atoms with Gasteiger partial charge in [0.25, 0.3) is 0 Å². The van der Waals surface area contributed by atoms with Crippen molar-refractivity contribution in [3.8, 4) is 11.1 Å². The Bertz CT molecular complexity index is 975. The summed E-state index contributed by atoms with van der Waals surface area (Å²) in [6.45, 7) is 1.07. The summed E-state index contributed by atoms with van der Waals surface area (Å²) in [5, 5.41) is 0. The van der Waals surface area contributed by atoms with E-state index in [9.17, 15) is 22.0 Å². The predicted molar refractivity (Wildman–Crippen MR) is 100 cm³/mol. The smallest absolute Gasteiger partial charge is 0.194 e. The van der Waals surface area contributed by atoms with Gasteiger partial charge in [0.2, 0.25) is 0 Å². The van der Waals surface area contributed by atoms with Crippen molar-refractivity contribution in [3.63, 3.8) is 0 Å². The van der Waals surface area contributed by atoms with Gasteiger partial charge in [-0.1, -0.05) is 48.5 Å². The van der Waals surface area contributed by atoms with Crippen LogP contribution < -0.4 is 0 Å². The van der Waals surface area contributed by atoms with Gasteiger partial charge in [0.15, 0.2) is 23.3 Å². The fraction of sp³-hybridized carbons (Fsp3) is 0.130. The first-order chi connectivity index (χ1) is 13.3. The van der Waals surface area contributed by atoms with Crippen LogP contribution in [0.4, 0.5) is 22.0 Å². The Morgan fingerprint density at radius 1 is 0.679 bits per heavy atom. The molecule has 0 radical (unpaired) electrons. The highest BCUT2D eigenvalue weighted by Gasteiger charge is 2.10. The summed E-state index contributed by atoms with van der Waals surface area (Å²) in [5.41, 5.74) is 3.26. The molecule has 0 amide bonds. The van der Waals surface area contributed by atoms with E-state index in [0.29, 0.717) is 18.4 Å². The Kier molecular flexibility index (Phi) is 5.93. The monoisotopic (exact) mass is 388 g/mol. The average Bonchev–Trinajstić information content (AvgIpc) is 2.70. The van der Waals surface area contributed by atoms with Crippen LogP contribution in [0.5, 0.6) is 0 Å². The largest absolute Gasteiger partial charge is 0.209 e. The number of hydrogen-bond acceptors (Lipinski definition) is 0. The summed E-state index contributed by atoms with van der Waals surface area (Å²) in [6.07, 6.45) is 0.909. The van der Waals surface area contributed by atoms with Gasteiger partial charge in [-0.25, -0.2) is 22.0 Å². The van der Waals surface area contributed by atoms with Gasteiger partial charge in [-0.15, -0.1) is 0 Å². The number of aryl methyl sites for hydroxylation is 2. The lowest BCUT2D eigenvalue weighted by molar-refractivity contribution is 0.445. The molecule has 5 heteroatoms. The van der Waals surface area contributed by atoms with E-state index in [1.807, 2.05) is 24.3 Å². The highest BCUT2D eigenvalue weighted by molar-refractivity contribution is 5.68. The maximum atomic E-state index is 13.6. The van der Waals surface area contributed by atoms with Crippen LogP contribution in [-0.4, -0.2) is 0 Å². The molecule has 0 aromatic heterocycles. The number of rotatable bonds is 5. The van der Waals surface area contributed by atoms with E-state index >= 15 is 0 Å². The molecule has 28 heavy (non-hydrogen) atoms. The van der Waals surface area contributed by atoms with Crippen molar-refractivity contribution in [2.45, 2.75) is 19.8 Å². The zero-order chi connectivity index (χ0) is 20.3. The van der Waals surface area contributed by atoms with Crippen molar-refractivity contribution < 1.29 is 22.0 Å². The van der Waals surface area contributed by atoms with Crippen molar-refractivity contribution in [2.75, 3.05) is 0 Å². The summed E-state index contributed by atoms with van der Waals surface area (Å²) in [5.74, 6) is -5.59. The number of benzene rings is 3. The lowest BCUT2D eigenvalue weighted by atomic mass is 9.99. The van der Waals surface area contributed by atoms with Crippen molar-refractivity contribution in [1.82, 2.24) is 0 Å². The van der Waals surface area contributed by atoms with Crippen LogP contribution in [0.2, 0.25) is 0 Å². The number of hydrogen-bond donors (Lipinski definition) is 0. The lowest BCUT2D eigenvalue weighted by Crippen LogP contribution is -1.97. The fourth-order valence-electron chi connectivity index (χ4n) is 2.91. The molecular weight excluding hydrogens is 371 g/mol. The minimum atomic E-state index is -1.46. The molecule has 0 N–H and O–H groups in total. The minimum Gasteiger partial charge on any atom is -0.209 e. The Labute approximate surface area is 160 Å². The summed E-state index contributed by atoms with van der Waals surface area (Å²) in [4.78, 5) is 0. The van der Waals surface area contributed by atoms with E-state index in [0.717, 1.165) is 35.7 Å². The quantitative estimate of drug-likeness (QED) is 0.321. The predicted octanol–water partition coefficient (Wildman–Crippen LogP) is 7.18. The van der Waals surface area contributed by atoms with Crippen molar-refractivity contribution >= 4 is 5.83 Å². The molecule has 0 nitrogen and oxygen atoms in total. The second-order valence-corrected chi connectivity index (χ2v) is 6.50. The van der Waals surface area contributed by atoms with Crippen LogP contribution in [0.3, 0.4) is 0 Å². The van der Waals surface area contributed by atoms with Gasteiger partial charge in [-0.2, -0.15) is 0 Å². The number of allylic oxidation sites excluding steroid dienone is 1. The third-order valence-electron chi connectivity index (χ3n) is 4.47. The molecule has 0 heterocycles. The van der Waals surface area contributed by atoms with Crippen molar-refractivity contribution in [1.29, 1.82) is 0 Å². The van der Waals surface area contributed by atoms with Crippen LogP contribution >= 0.6 is 0 Å². The number of halogens is 5. The van der Waals surface area contributed by atoms with Crippen LogP contribution in [0.15, 0.2) is 66.5 Å². The first kappa shape index (κ1) is 19.8. The Morgan fingerprint density at radius 2 is 1.14 bits per heavy atom. The van der Waals surface area contributed by atoms with Gasteiger partial charge in [-0.3, -0.25) is 0 Å². The zero-order valence-electron chi connectivity index (χ0n) is 15.1. The van der Waals surface area contributed by atoms with Crippen LogP contribution in [-0.2, 0) is 12.8 Å². The van der Waals surface area contributed by atoms with Crippen LogP contribution in [0, 0.1) is 17.5 Å². The molecule has 0 fully saturated rings. The molecule has 3 aromatic carbocycles. The summed E-state index contributed by atoms with van der Waals surface area (Å²) in [6, 6.07) is 16.0. The second-order valence-electron chi connectivity index (χ2n) is 6.50. The zero-order valence-corrected chi connectivity index (χ0v) is 15.1. The fourth-order valence-corrected chi connectivity index (χ4v) is 2.91. The lowest BCUT2D eigenvalue weighted by Gasteiger charge is -2.07. The molecule has 0 aliphatic heterocycles. The highest BCUT2D eigenvalue weighted by atomic mass is 19.2. The van der Waals surface area contributed by atoms with Crippen molar-refractivity contribution in [2.24, 2.45) is 0 Å². The summed E-state index contributed by atoms with van der Waals surface area (Å²) >= 11 is 0. The van der Waals surface area contributed by atoms with Gasteiger partial charge in [0.05, 0.1) is 0 Å². The molecule has 3 rings (SSSR count). The molecule has 0 spiro atoms. The van der Waals surface area contributed by atoms with Crippen molar-refractivity contribution in [3.05, 3.63) is 101 Å². The van der Waals surface area contributed by atoms with E-state index in [4.69, 9.17) is 0 Å². The summed E-state index contributed by atoms with van der Waals surface area (Å²) < 4.78 is 66.1. The standard InChI is InChI=1S/C23H17F5/c1-14(24)22(27)19-10-8-18(9-11-19)17-6-4-15(5-7-17)2-3-16-12-20(25)23(28)21(26)13-16/h4-13H,2-3H2,1H3. The molecule has 0 saturated heterocycles. The van der Waals surface area contributed by atoms with E-state index in [1.54, 1.807) is 12.1 Å². The SMILES string of the molecule is CC(F)=C(F)c1ccc(-c2ccc(CCc3cc(F)c(F)c(F)c3)cc2)cc1. The molecular formula is C23H17F5. The maximum absolute atomic E-state index is 13.6. The van der Waals surface area contributed by atoms with Gasteiger partial charge >= 0.3 is 0 Å². The third kappa shape index (κ3) is 4.47. The highest BCUT2D eigenvalue weighted by Crippen LogP contribution is 2.26. The maximum Gasteiger partial charge on any atom is 0.194 e. The molecule has 0 bridgehead atoms. The molecule has 0 unspecified atom stereocenters. The first-order valence-corrected chi connectivity index (χ1v) is 8.70. The molecule has 144 valence electrons. The van der Waals surface area contributed by atoms with Gasteiger partial charge in [0, 0.05) is 5.56 Å². The van der Waals surface area contributed by atoms with E-state index in [2.05, 4.69) is 0 Å². The second kappa shape index (κ2) is 8.38. The Hall–Kier alpha value is -2.95. The van der Waals surface area contributed by atoms with E-state index in [1.165, 1.54) is 12.1 Å². The molecule has 0 atom stereocenters. The van der Waals surface area contributed by atoms with E-state index < -0.39 is 29.1 Å². The van der Waals surface area contributed by atoms with E-state index in [-0.39, 0.29) is 5.56 Å². The third-order valence-corrected chi connectivity index (χ3v) is 4.47. The summed E-state index contributed by atoms with van der Waals surface area (Å²) in [7, 11) is 0. The molecule has 3 aromatic rings. The van der Waals surface area contributed by atoms with Crippen LogP contribution in [0.1, 0.15) is 23.6 Å². The minimum absolute atomic E-state index is 0.180. The average molecular weight is 388 g/mol. The van der Waals surface area contributed by atoms with Gasteiger partial charge in [-0.05, 0) is 54.2 Å². The van der Waals surface area contributed by atoms with Gasteiger partial charge in [0.1, 0.15) is 5.83 Å². The first-order valence-electron chi connectivity index (χ1n) is 8.70. The van der Waals surface area contributed by atoms with Gasteiger partial charge < -0.3 is 0 Å². The molecule has 0 aliphatic rings. The molecule has 0 aliphatic carbocycles. The normalized spacial score (nSPS) is 12.1. The molecule has 0 saturated carbocycles. The Morgan fingerprint density at radius 3 is 1.64 bits per heavy atom.